The highest BCUT2D eigenvalue weighted by Gasteiger charge is 2.38. The van der Waals surface area contributed by atoms with Gasteiger partial charge in [0, 0.05) is 24.7 Å². The van der Waals surface area contributed by atoms with Crippen molar-refractivity contribution in [3.05, 3.63) is 65.6 Å². The monoisotopic (exact) mass is 397 g/mol. The van der Waals surface area contributed by atoms with Crippen molar-refractivity contribution in [3.8, 4) is 11.3 Å². The molecule has 0 amide bonds. The van der Waals surface area contributed by atoms with Crippen LogP contribution in [0.25, 0.3) is 16.8 Å². The van der Waals surface area contributed by atoms with E-state index in [1.807, 2.05) is 43.9 Å². The van der Waals surface area contributed by atoms with Crippen molar-refractivity contribution in [2.24, 2.45) is 13.0 Å². The molecule has 1 atom stereocenters. The predicted octanol–water partition coefficient (Wildman–Crippen LogP) is 5.07. The molecule has 0 spiro atoms. The van der Waals surface area contributed by atoms with Crippen molar-refractivity contribution in [2.75, 3.05) is 0 Å². The summed E-state index contributed by atoms with van der Waals surface area (Å²) < 4.78 is 2.00. The molecule has 0 saturated heterocycles. The summed E-state index contributed by atoms with van der Waals surface area (Å²) in [7, 11) is 1.98. The first-order valence-corrected chi connectivity index (χ1v) is 9.88. The van der Waals surface area contributed by atoms with Crippen LogP contribution in [-0.2, 0) is 7.05 Å². The van der Waals surface area contributed by atoms with Crippen LogP contribution >= 0.6 is 23.4 Å². The smallest absolute Gasteiger partial charge is 0.109 e. The SMILES string of the molecule is Cn1cnc(-c2ccc(C3=C[C@@H]3C(C)(C)O)cc2)c1Sc1ccc(Cl)cn1. The van der Waals surface area contributed by atoms with E-state index in [1.54, 1.807) is 18.0 Å². The Hall–Kier alpha value is -2.08. The number of halogens is 1. The molecule has 4 nitrogen and oxygen atoms in total. The van der Waals surface area contributed by atoms with Gasteiger partial charge in [0.05, 0.1) is 17.0 Å². The first-order valence-electron chi connectivity index (χ1n) is 8.68. The molecule has 2 aromatic heterocycles. The summed E-state index contributed by atoms with van der Waals surface area (Å²) in [4.78, 5) is 8.94. The van der Waals surface area contributed by atoms with Crippen molar-refractivity contribution < 1.29 is 5.11 Å². The lowest BCUT2D eigenvalue weighted by molar-refractivity contribution is 0.0675. The van der Waals surface area contributed by atoms with Gasteiger partial charge in [-0.25, -0.2) is 9.97 Å². The highest BCUT2D eigenvalue weighted by molar-refractivity contribution is 7.99. The first kappa shape index (κ1) is 18.3. The highest BCUT2D eigenvalue weighted by atomic mass is 35.5. The number of benzene rings is 1. The maximum absolute atomic E-state index is 10.1. The Kier molecular flexibility index (Phi) is 4.62. The van der Waals surface area contributed by atoms with Crippen LogP contribution in [0.4, 0.5) is 0 Å². The molecule has 3 aromatic rings. The van der Waals surface area contributed by atoms with Gasteiger partial charge in [0.15, 0.2) is 0 Å². The Morgan fingerprint density at radius 3 is 2.37 bits per heavy atom. The maximum Gasteiger partial charge on any atom is 0.109 e. The lowest BCUT2D eigenvalue weighted by Gasteiger charge is -2.17. The van der Waals surface area contributed by atoms with Crippen LogP contribution in [0.2, 0.25) is 5.02 Å². The zero-order valence-electron chi connectivity index (χ0n) is 15.3. The minimum absolute atomic E-state index is 0.139. The number of nitrogens with zero attached hydrogens (tertiary/aromatic N) is 3. The summed E-state index contributed by atoms with van der Waals surface area (Å²) in [5.41, 5.74) is 3.63. The Morgan fingerprint density at radius 1 is 1.07 bits per heavy atom. The molecule has 6 heteroatoms. The summed E-state index contributed by atoms with van der Waals surface area (Å²) in [6.07, 6.45) is 5.58. The average molecular weight is 398 g/mol. The van der Waals surface area contributed by atoms with Gasteiger partial charge in [0.1, 0.15) is 15.7 Å². The molecule has 138 valence electrons. The fraction of sp³-hybridized carbons (Fsp3) is 0.238. The first-order chi connectivity index (χ1) is 12.8. The number of hydrogen-bond acceptors (Lipinski definition) is 4. The fourth-order valence-electron chi connectivity index (χ4n) is 3.07. The molecule has 0 unspecified atom stereocenters. The highest BCUT2D eigenvalue weighted by Crippen LogP contribution is 2.45. The third-order valence-electron chi connectivity index (χ3n) is 4.61. The van der Waals surface area contributed by atoms with Crippen LogP contribution in [0.3, 0.4) is 0 Å². The summed E-state index contributed by atoms with van der Waals surface area (Å²) in [5, 5.41) is 12.7. The molecule has 1 aromatic carbocycles. The van der Waals surface area contributed by atoms with Crippen LogP contribution in [0.15, 0.2) is 65.1 Å². The topological polar surface area (TPSA) is 50.9 Å². The second-order valence-electron chi connectivity index (χ2n) is 7.26. The van der Waals surface area contributed by atoms with E-state index >= 15 is 0 Å². The number of aromatic nitrogens is 3. The normalized spacial score (nSPS) is 16.3. The van der Waals surface area contributed by atoms with E-state index in [0.29, 0.717) is 5.02 Å². The van der Waals surface area contributed by atoms with Gasteiger partial charge in [-0.2, -0.15) is 0 Å². The molecule has 27 heavy (non-hydrogen) atoms. The van der Waals surface area contributed by atoms with Crippen LogP contribution in [0, 0.1) is 5.92 Å². The minimum atomic E-state index is -0.704. The van der Waals surface area contributed by atoms with E-state index in [4.69, 9.17) is 11.6 Å². The Bertz CT molecular complexity index is 1000. The van der Waals surface area contributed by atoms with Crippen LogP contribution in [0.1, 0.15) is 19.4 Å². The number of pyridine rings is 1. The molecule has 1 aliphatic rings. The van der Waals surface area contributed by atoms with Crippen molar-refractivity contribution >= 4 is 28.9 Å². The standard InChI is InChI=1S/C21H20ClN3OS/c1-21(2,26)17-10-16(17)13-4-6-14(7-5-13)19-20(25(3)12-24-19)27-18-9-8-15(22)11-23-18/h4-12,17,26H,1-3H3/t17-/m0/s1. The van der Waals surface area contributed by atoms with Gasteiger partial charge in [-0.05, 0) is 48.9 Å². The zero-order chi connectivity index (χ0) is 19.2. The molecule has 0 saturated carbocycles. The third-order valence-corrected chi connectivity index (χ3v) is 5.96. The van der Waals surface area contributed by atoms with Crippen molar-refractivity contribution in [2.45, 2.75) is 29.5 Å². The molecule has 2 heterocycles. The Balaban J connectivity index is 1.58. The number of rotatable bonds is 5. The third kappa shape index (κ3) is 3.81. The van der Waals surface area contributed by atoms with E-state index in [1.165, 1.54) is 5.57 Å². The van der Waals surface area contributed by atoms with Crippen LogP contribution < -0.4 is 0 Å². The fourth-order valence-corrected chi connectivity index (χ4v) is 4.08. The van der Waals surface area contributed by atoms with Crippen LogP contribution in [0.5, 0.6) is 0 Å². The van der Waals surface area contributed by atoms with E-state index in [-0.39, 0.29) is 5.92 Å². The van der Waals surface area contributed by atoms with Crippen LogP contribution in [-0.4, -0.2) is 25.2 Å². The largest absolute Gasteiger partial charge is 0.390 e. The number of hydrogen-bond donors (Lipinski definition) is 1. The Morgan fingerprint density at radius 2 is 1.78 bits per heavy atom. The van der Waals surface area contributed by atoms with Crippen molar-refractivity contribution in [1.82, 2.24) is 14.5 Å². The molecular formula is C21H20ClN3OS. The van der Waals surface area contributed by atoms with Gasteiger partial charge in [-0.15, -0.1) is 0 Å². The van der Waals surface area contributed by atoms with E-state index in [9.17, 15) is 5.11 Å². The van der Waals surface area contributed by atoms with Crippen molar-refractivity contribution in [3.63, 3.8) is 0 Å². The summed E-state index contributed by atoms with van der Waals surface area (Å²) in [6.45, 7) is 3.69. The average Bonchev–Trinajstić information content (AvgIpc) is 3.37. The zero-order valence-corrected chi connectivity index (χ0v) is 16.9. The van der Waals surface area contributed by atoms with Gasteiger partial charge < -0.3 is 9.67 Å². The predicted molar refractivity (Wildman–Crippen MR) is 110 cm³/mol. The number of aryl methyl sites for hydroxylation is 1. The summed E-state index contributed by atoms with van der Waals surface area (Å²) in [5.74, 6) is 0.139. The maximum atomic E-state index is 10.1. The van der Waals surface area contributed by atoms with Gasteiger partial charge in [0.2, 0.25) is 0 Å². The molecule has 1 aliphatic carbocycles. The summed E-state index contributed by atoms with van der Waals surface area (Å²) in [6, 6.07) is 12.1. The Labute approximate surface area is 167 Å². The second-order valence-corrected chi connectivity index (χ2v) is 8.70. The lowest BCUT2D eigenvalue weighted by Crippen LogP contribution is -2.22. The molecular weight excluding hydrogens is 378 g/mol. The van der Waals surface area contributed by atoms with E-state index in [0.717, 1.165) is 26.9 Å². The van der Waals surface area contributed by atoms with Gasteiger partial charge in [-0.3, -0.25) is 0 Å². The van der Waals surface area contributed by atoms with E-state index < -0.39 is 5.60 Å². The number of aliphatic hydroxyl groups is 1. The minimum Gasteiger partial charge on any atom is -0.390 e. The number of imidazole rings is 1. The molecule has 4 rings (SSSR count). The van der Waals surface area contributed by atoms with Crippen molar-refractivity contribution in [1.29, 1.82) is 0 Å². The quantitative estimate of drug-likeness (QED) is 0.652. The van der Waals surface area contributed by atoms with E-state index in [2.05, 4.69) is 40.3 Å². The molecule has 0 radical (unpaired) electrons. The second kappa shape index (κ2) is 6.82. The lowest BCUT2D eigenvalue weighted by atomic mass is 9.96. The molecule has 0 bridgehead atoms. The molecule has 1 N–H and O–H groups in total. The van der Waals surface area contributed by atoms with Gasteiger partial charge in [0.25, 0.3) is 0 Å². The molecule has 0 aliphatic heterocycles. The summed E-state index contributed by atoms with van der Waals surface area (Å²) >= 11 is 7.49. The van der Waals surface area contributed by atoms with Gasteiger partial charge in [-0.1, -0.05) is 41.9 Å². The molecule has 0 fully saturated rings. The van der Waals surface area contributed by atoms with Gasteiger partial charge >= 0.3 is 0 Å².